The normalized spacial score (nSPS) is 12.8. The first kappa shape index (κ1) is 13.7. The maximum absolute atomic E-state index is 12.0. The molecule has 0 fully saturated rings. The topological polar surface area (TPSA) is 67.2 Å². The Hall–Kier alpha value is -1.36. The SMILES string of the molecule is Cc1cc(C(=O)NC(CCO)C(C)C)n(C)n1. The van der Waals surface area contributed by atoms with Crippen molar-refractivity contribution >= 4 is 5.91 Å². The minimum atomic E-state index is -0.139. The molecule has 5 heteroatoms. The van der Waals surface area contributed by atoms with Crippen LogP contribution in [0.25, 0.3) is 0 Å². The number of nitrogens with one attached hydrogen (secondary N) is 1. The van der Waals surface area contributed by atoms with E-state index in [-0.39, 0.29) is 18.6 Å². The van der Waals surface area contributed by atoms with Crippen LogP contribution in [0.3, 0.4) is 0 Å². The summed E-state index contributed by atoms with van der Waals surface area (Å²) < 4.78 is 1.57. The largest absolute Gasteiger partial charge is 0.396 e. The molecule has 1 rings (SSSR count). The first-order valence-corrected chi connectivity index (χ1v) is 5.88. The Morgan fingerprint density at radius 1 is 1.59 bits per heavy atom. The van der Waals surface area contributed by atoms with Gasteiger partial charge in [-0.05, 0) is 25.3 Å². The second-order valence-corrected chi connectivity index (χ2v) is 4.63. The molecule has 1 atom stereocenters. The molecule has 0 spiro atoms. The zero-order valence-corrected chi connectivity index (χ0v) is 10.9. The fourth-order valence-electron chi connectivity index (χ4n) is 1.78. The molecule has 1 unspecified atom stereocenters. The number of hydrogen-bond acceptors (Lipinski definition) is 3. The van der Waals surface area contributed by atoms with Gasteiger partial charge in [0.1, 0.15) is 5.69 Å². The summed E-state index contributed by atoms with van der Waals surface area (Å²) in [4.78, 5) is 12.0. The molecule has 1 amide bonds. The van der Waals surface area contributed by atoms with Gasteiger partial charge in [-0.2, -0.15) is 5.10 Å². The van der Waals surface area contributed by atoms with E-state index >= 15 is 0 Å². The second-order valence-electron chi connectivity index (χ2n) is 4.63. The van der Waals surface area contributed by atoms with Crippen molar-refractivity contribution < 1.29 is 9.90 Å². The van der Waals surface area contributed by atoms with Crippen LogP contribution in [0.15, 0.2) is 6.07 Å². The Bertz CT molecular complexity index is 385. The fraction of sp³-hybridized carbons (Fsp3) is 0.667. The van der Waals surface area contributed by atoms with Crippen LogP contribution >= 0.6 is 0 Å². The lowest BCUT2D eigenvalue weighted by atomic mass is 10.0. The minimum absolute atomic E-state index is 0.0114. The molecule has 17 heavy (non-hydrogen) atoms. The van der Waals surface area contributed by atoms with Crippen molar-refractivity contribution in [3.8, 4) is 0 Å². The van der Waals surface area contributed by atoms with E-state index in [1.54, 1.807) is 17.8 Å². The number of amides is 1. The van der Waals surface area contributed by atoms with Gasteiger partial charge in [-0.25, -0.2) is 0 Å². The van der Waals surface area contributed by atoms with Crippen molar-refractivity contribution in [3.05, 3.63) is 17.5 Å². The van der Waals surface area contributed by atoms with Crippen molar-refractivity contribution in [3.63, 3.8) is 0 Å². The highest BCUT2D eigenvalue weighted by Crippen LogP contribution is 2.08. The van der Waals surface area contributed by atoms with Crippen LogP contribution in [0.1, 0.15) is 36.5 Å². The molecule has 0 aliphatic rings. The van der Waals surface area contributed by atoms with Crippen molar-refractivity contribution in [1.29, 1.82) is 0 Å². The van der Waals surface area contributed by atoms with E-state index in [1.165, 1.54) is 0 Å². The summed E-state index contributed by atoms with van der Waals surface area (Å²) in [6.07, 6.45) is 0.570. The lowest BCUT2D eigenvalue weighted by Gasteiger charge is -2.21. The molecule has 0 aromatic carbocycles. The van der Waals surface area contributed by atoms with Crippen LogP contribution in [-0.4, -0.2) is 33.4 Å². The molecular formula is C12H21N3O2. The Kier molecular flexibility index (Phi) is 4.69. The first-order valence-electron chi connectivity index (χ1n) is 5.88. The highest BCUT2D eigenvalue weighted by molar-refractivity contribution is 5.92. The quantitative estimate of drug-likeness (QED) is 0.801. The monoisotopic (exact) mass is 239 g/mol. The van der Waals surface area contributed by atoms with Crippen molar-refractivity contribution in [2.45, 2.75) is 33.2 Å². The first-order chi connectivity index (χ1) is 7.95. The third kappa shape index (κ3) is 3.56. The van der Waals surface area contributed by atoms with Gasteiger partial charge < -0.3 is 10.4 Å². The third-order valence-corrected chi connectivity index (χ3v) is 2.80. The van der Waals surface area contributed by atoms with Gasteiger partial charge >= 0.3 is 0 Å². The lowest BCUT2D eigenvalue weighted by Crippen LogP contribution is -2.39. The molecule has 2 N–H and O–H groups in total. The van der Waals surface area contributed by atoms with Crippen molar-refractivity contribution in [2.24, 2.45) is 13.0 Å². The number of carbonyl (C=O) groups excluding carboxylic acids is 1. The van der Waals surface area contributed by atoms with E-state index in [0.717, 1.165) is 5.69 Å². The molecule has 96 valence electrons. The molecule has 0 aliphatic heterocycles. The molecule has 1 aromatic heterocycles. The van der Waals surface area contributed by atoms with Gasteiger partial charge in [0.2, 0.25) is 0 Å². The summed E-state index contributed by atoms with van der Waals surface area (Å²) >= 11 is 0. The predicted octanol–water partition coefficient (Wildman–Crippen LogP) is 0.865. The van der Waals surface area contributed by atoms with Crippen LogP contribution in [0.5, 0.6) is 0 Å². The van der Waals surface area contributed by atoms with Crippen molar-refractivity contribution in [2.75, 3.05) is 6.61 Å². The predicted molar refractivity (Wildman–Crippen MR) is 65.7 cm³/mol. The van der Waals surface area contributed by atoms with Gasteiger partial charge in [0.25, 0.3) is 5.91 Å². The van der Waals surface area contributed by atoms with E-state index in [9.17, 15) is 4.79 Å². The maximum atomic E-state index is 12.0. The summed E-state index contributed by atoms with van der Waals surface area (Å²) in [6, 6.07) is 1.74. The van der Waals surface area contributed by atoms with Gasteiger partial charge in [0, 0.05) is 19.7 Å². The highest BCUT2D eigenvalue weighted by Gasteiger charge is 2.18. The van der Waals surface area contributed by atoms with E-state index in [1.807, 2.05) is 20.8 Å². The number of aromatic nitrogens is 2. The minimum Gasteiger partial charge on any atom is -0.396 e. The number of hydrogen-bond donors (Lipinski definition) is 2. The number of aryl methyl sites for hydroxylation is 2. The Labute approximate surface area is 102 Å². The van der Waals surface area contributed by atoms with Gasteiger partial charge in [0.15, 0.2) is 0 Å². The van der Waals surface area contributed by atoms with Gasteiger partial charge in [-0.1, -0.05) is 13.8 Å². The van der Waals surface area contributed by atoms with E-state index in [4.69, 9.17) is 5.11 Å². The Morgan fingerprint density at radius 2 is 2.24 bits per heavy atom. The van der Waals surface area contributed by atoms with E-state index < -0.39 is 0 Å². The molecule has 5 nitrogen and oxygen atoms in total. The Morgan fingerprint density at radius 3 is 2.65 bits per heavy atom. The van der Waals surface area contributed by atoms with Gasteiger partial charge in [-0.3, -0.25) is 9.48 Å². The van der Waals surface area contributed by atoms with Gasteiger partial charge in [0.05, 0.1) is 5.69 Å². The van der Waals surface area contributed by atoms with Crippen molar-refractivity contribution in [1.82, 2.24) is 15.1 Å². The molecule has 0 radical (unpaired) electrons. The summed E-state index contributed by atoms with van der Waals surface area (Å²) in [5, 5.41) is 16.0. The third-order valence-electron chi connectivity index (χ3n) is 2.80. The molecule has 1 heterocycles. The van der Waals surface area contributed by atoms with Crippen LogP contribution in [0.2, 0.25) is 0 Å². The highest BCUT2D eigenvalue weighted by atomic mass is 16.3. The zero-order valence-electron chi connectivity index (χ0n) is 10.9. The number of aliphatic hydroxyl groups is 1. The molecule has 0 bridgehead atoms. The van der Waals surface area contributed by atoms with Crippen LogP contribution in [-0.2, 0) is 7.05 Å². The average molecular weight is 239 g/mol. The van der Waals surface area contributed by atoms with Crippen LogP contribution in [0, 0.1) is 12.8 Å². The zero-order chi connectivity index (χ0) is 13.0. The number of rotatable bonds is 5. The summed E-state index contributed by atoms with van der Waals surface area (Å²) in [6.45, 7) is 5.97. The molecule has 1 aromatic rings. The molecular weight excluding hydrogens is 218 g/mol. The summed E-state index contributed by atoms with van der Waals surface area (Å²) in [5.74, 6) is 0.153. The molecule has 0 saturated heterocycles. The summed E-state index contributed by atoms with van der Waals surface area (Å²) in [5.41, 5.74) is 1.37. The standard InChI is InChI=1S/C12H21N3O2/c1-8(2)10(5-6-16)13-12(17)11-7-9(3)14-15(11)4/h7-8,10,16H,5-6H2,1-4H3,(H,13,17). The number of aliphatic hydroxyl groups excluding tert-OH is 1. The molecule has 0 aliphatic carbocycles. The van der Waals surface area contributed by atoms with E-state index in [2.05, 4.69) is 10.4 Å². The average Bonchev–Trinajstić information content (AvgIpc) is 2.57. The van der Waals surface area contributed by atoms with E-state index in [0.29, 0.717) is 18.0 Å². The second kappa shape index (κ2) is 5.82. The van der Waals surface area contributed by atoms with Crippen LogP contribution < -0.4 is 5.32 Å². The van der Waals surface area contributed by atoms with Gasteiger partial charge in [-0.15, -0.1) is 0 Å². The maximum Gasteiger partial charge on any atom is 0.269 e. The Balaban J connectivity index is 2.73. The number of nitrogens with zero attached hydrogens (tertiary/aromatic N) is 2. The lowest BCUT2D eigenvalue weighted by molar-refractivity contribution is 0.0907. The number of carbonyl (C=O) groups is 1. The molecule has 0 saturated carbocycles. The van der Waals surface area contributed by atoms with Crippen LogP contribution in [0.4, 0.5) is 0 Å². The summed E-state index contributed by atoms with van der Waals surface area (Å²) in [7, 11) is 1.75. The fourth-order valence-corrected chi connectivity index (χ4v) is 1.78. The smallest absolute Gasteiger partial charge is 0.269 e.